The summed E-state index contributed by atoms with van der Waals surface area (Å²) in [5, 5.41) is 8.74. The minimum atomic E-state index is -4.64. The maximum absolute atomic E-state index is 13.9. The van der Waals surface area contributed by atoms with Crippen LogP contribution in [-0.4, -0.2) is 28.4 Å². The summed E-state index contributed by atoms with van der Waals surface area (Å²) in [6.07, 6.45) is -3.59. The predicted octanol–water partition coefficient (Wildman–Crippen LogP) is 2.80. The van der Waals surface area contributed by atoms with E-state index in [4.69, 9.17) is 5.11 Å². The number of ether oxygens (including phenoxy) is 1. The van der Waals surface area contributed by atoms with Gasteiger partial charge in [-0.1, -0.05) is 0 Å². The molecule has 1 heterocycles. The van der Waals surface area contributed by atoms with Gasteiger partial charge in [0.15, 0.2) is 18.2 Å². The molecule has 1 aromatic heterocycles. The van der Waals surface area contributed by atoms with E-state index >= 15 is 0 Å². The highest BCUT2D eigenvalue weighted by Crippen LogP contribution is 2.26. The lowest BCUT2D eigenvalue weighted by Crippen LogP contribution is -2.21. The lowest BCUT2D eigenvalue weighted by molar-refractivity contribution is -0.153. The smallest absolute Gasteiger partial charge is 0.422 e. The van der Waals surface area contributed by atoms with Crippen LogP contribution in [0, 0.1) is 5.82 Å². The third-order valence-corrected chi connectivity index (χ3v) is 3.10. The standard InChI is InChI=1S/C14H11F4NO4/c1-2-19-5-8(13(21)22)12(20)7-3-9(15)11(4-10(7)19)23-6-14(16,17)18/h3-5H,2,6H2,1H3,(H,21,22). The second-order valence-corrected chi connectivity index (χ2v) is 4.67. The number of hydrogen-bond donors (Lipinski definition) is 1. The van der Waals surface area contributed by atoms with Gasteiger partial charge in [0.2, 0.25) is 5.43 Å². The molecule has 2 aromatic rings. The number of aromatic carboxylic acids is 1. The minimum Gasteiger partial charge on any atom is -0.481 e. The fraction of sp³-hybridized carbons (Fsp3) is 0.286. The van der Waals surface area contributed by atoms with Gasteiger partial charge >= 0.3 is 12.1 Å². The zero-order chi connectivity index (χ0) is 17.4. The van der Waals surface area contributed by atoms with Gasteiger partial charge < -0.3 is 14.4 Å². The molecule has 124 valence electrons. The Bertz CT molecular complexity index is 826. The molecule has 0 aliphatic rings. The van der Waals surface area contributed by atoms with Crippen molar-refractivity contribution in [2.75, 3.05) is 6.61 Å². The first-order chi connectivity index (χ1) is 10.6. The zero-order valence-corrected chi connectivity index (χ0v) is 11.8. The molecule has 0 fully saturated rings. The van der Waals surface area contributed by atoms with E-state index in [2.05, 4.69) is 4.74 Å². The van der Waals surface area contributed by atoms with Crippen molar-refractivity contribution in [3.05, 3.63) is 39.9 Å². The molecule has 0 saturated heterocycles. The van der Waals surface area contributed by atoms with E-state index in [-0.39, 0.29) is 17.4 Å². The van der Waals surface area contributed by atoms with E-state index < -0.39 is 41.3 Å². The summed E-state index contributed by atoms with van der Waals surface area (Å²) < 4.78 is 56.1. The molecule has 0 saturated carbocycles. The molecule has 0 unspecified atom stereocenters. The fourth-order valence-electron chi connectivity index (χ4n) is 2.08. The summed E-state index contributed by atoms with van der Waals surface area (Å²) in [4.78, 5) is 23.1. The Kier molecular flexibility index (Phi) is 4.31. The van der Waals surface area contributed by atoms with Crippen LogP contribution < -0.4 is 10.2 Å². The average Bonchev–Trinajstić information content (AvgIpc) is 2.45. The summed E-state index contributed by atoms with van der Waals surface area (Å²) >= 11 is 0. The summed E-state index contributed by atoms with van der Waals surface area (Å²) in [6, 6.07) is 1.63. The number of pyridine rings is 1. The van der Waals surface area contributed by atoms with Crippen LogP contribution in [0.3, 0.4) is 0 Å². The molecule has 0 amide bonds. The second-order valence-electron chi connectivity index (χ2n) is 4.67. The molecule has 5 nitrogen and oxygen atoms in total. The number of benzene rings is 1. The minimum absolute atomic E-state index is 0.0843. The number of hydrogen-bond acceptors (Lipinski definition) is 3. The zero-order valence-electron chi connectivity index (χ0n) is 11.8. The number of carboxylic acids is 1. The SMILES string of the molecule is CCn1cc(C(=O)O)c(=O)c2cc(F)c(OCC(F)(F)F)cc21. The molecule has 23 heavy (non-hydrogen) atoms. The highest BCUT2D eigenvalue weighted by Gasteiger charge is 2.29. The van der Waals surface area contributed by atoms with E-state index in [9.17, 15) is 27.2 Å². The molecular formula is C14H11F4NO4. The predicted molar refractivity (Wildman–Crippen MR) is 72.3 cm³/mol. The average molecular weight is 333 g/mol. The van der Waals surface area contributed by atoms with E-state index in [1.54, 1.807) is 6.92 Å². The number of aryl methyl sites for hydroxylation is 1. The number of fused-ring (bicyclic) bond motifs is 1. The molecular weight excluding hydrogens is 322 g/mol. The van der Waals surface area contributed by atoms with Crippen molar-refractivity contribution in [3.63, 3.8) is 0 Å². The Morgan fingerprint density at radius 2 is 2.00 bits per heavy atom. The number of carboxylic acid groups (broad SMARTS) is 1. The van der Waals surface area contributed by atoms with E-state index in [0.717, 1.165) is 12.3 Å². The summed E-state index contributed by atoms with van der Waals surface area (Å²) in [6.45, 7) is 0.176. The fourth-order valence-corrected chi connectivity index (χ4v) is 2.08. The molecule has 0 atom stereocenters. The molecule has 0 bridgehead atoms. The first-order valence-corrected chi connectivity index (χ1v) is 6.43. The largest absolute Gasteiger partial charge is 0.481 e. The van der Waals surface area contributed by atoms with Gasteiger partial charge in [-0.05, 0) is 13.0 Å². The lowest BCUT2D eigenvalue weighted by Gasteiger charge is -2.14. The van der Waals surface area contributed by atoms with Crippen molar-refractivity contribution in [1.82, 2.24) is 4.57 Å². The van der Waals surface area contributed by atoms with Crippen LogP contribution >= 0.6 is 0 Å². The van der Waals surface area contributed by atoms with Crippen LogP contribution in [0.5, 0.6) is 5.75 Å². The number of carbonyl (C=O) groups is 1. The lowest BCUT2D eigenvalue weighted by atomic mass is 10.1. The number of nitrogens with zero attached hydrogens (tertiary/aromatic N) is 1. The maximum atomic E-state index is 13.9. The van der Waals surface area contributed by atoms with Crippen LogP contribution in [0.2, 0.25) is 0 Å². The molecule has 0 radical (unpaired) electrons. The third kappa shape index (κ3) is 3.43. The molecule has 0 aliphatic carbocycles. The Hall–Kier alpha value is -2.58. The van der Waals surface area contributed by atoms with Crippen LogP contribution in [0.1, 0.15) is 17.3 Å². The van der Waals surface area contributed by atoms with Crippen LogP contribution in [0.25, 0.3) is 10.9 Å². The first-order valence-electron chi connectivity index (χ1n) is 6.43. The number of alkyl halides is 3. The maximum Gasteiger partial charge on any atom is 0.422 e. The Balaban J connectivity index is 2.65. The Morgan fingerprint density at radius 3 is 2.52 bits per heavy atom. The van der Waals surface area contributed by atoms with E-state index in [0.29, 0.717) is 6.07 Å². The number of aromatic nitrogens is 1. The Labute approximate surface area is 126 Å². The second kappa shape index (κ2) is 5.90. The van der Waals surface area contributed by atoms with Gasteiger partial charge in [0, 0.05) is 24.2 Å². The monoisotopic (exact) mass is 333 g/mol. The van der Waals surface area contributed by atoms with E-state index in [1.165, 1.54) is 4.57 Å². The van der Waals surface area contributed by atoms with Gasteiger partial charge in [0.1, 0.15) is 5.56 Å². The van der Waals surface area contributed by atoms with Crippen LogP contribution in [-0.2, 0) is 6.54 Å². The van der Waals surface area contributed by atoms with Gasteiger partial charge in [-0.3, -0.25) is 4.79 Å². The highest BCUT2D eigenvalue weighted by molar-refractivity contribution is 5.92. The first kappa shape index (κ1) is 16.8. The van der Waals surface area contributed by atoms with Crippen molar-refractivity contribution in [3.8, 4) is 5.75 Å². The molecule has 0 aliphatic heterocycles. The molecule has 0 spiro atoms. The summed E-state index contributed by atoms with van der Waals surface area (Å²) in [7, 11) is 0. The van der Waals surface area contributed by atoms with Gasteiger partial charge in [-0.15, -0.1) is 0 Å². The van der Waals surface area contributed by atoms with Crippen molar-refractivity contribution < 1.29 is 32.2 Å². The van der Waals surface area contributed by atoms with Crippen molar-refractivity contribution in [2.45, 2.75) is 19.6 Å². The topological polar surface area (TPSA) is 68.5 Å². The van der Waals surface area contributed by atoms with Gasteiger partial charge in [0.25, 0.3) is 0 Å². The molecule has 1 aromatic carbocycles. The quantitative estimate of drug-likeness (QED) is 0.874. The van der Waals surface area contributed by atoms with E-state index in [1.807, 2.05) is 0 Å². The van der Waals surface area contributed by atoms with Crippen molar-refractivity contribution >= 4 is 16.9 Å². The van der Waals surface area contributed by atoms with Crippen LogP contribution in [0.4, 0.5) is 17.6 Å². The molecule has 9 heteroatoms. The number of rotatable bonds is 4. The van der Waals surface area contributed by atoms with Crippen molar-refractivity contribution in [1.29, 1.82) is 0 Å². The number of halogens is 4. The van der Waals surface area contributed by atoms with Crippen LogP contribution in [0.15, 0.2) is 23.1 Å². The Morgan fingerprint density at radius 1 is 1.35 bits per heavy atom. The van der Waals surface area contributed by atoms with Crippen molar-refractivity contribution in [2.24, 2.45) is 0 Å². The normalized spacial score (nSPS) is 11.7. The van der Waals surface area contributed by atoms with Gasteiger partial charge in [0.05, 0.1) is 5.52 Å². The summed E-state index contributed by atoms with van der Waals surface area (Å²) in [5.74, 6) is -3.32. The summed E-state index contributed by atoms with van der Waals surface area (Å²) in [5.41, 5.74) is -1.39. The highest BCUT2D eigenvalue weighted by atomic mass is 19.4. The molecule has 2 rings (SSSR count). The van der Waals surface area contributed by atoms with Gasteiger partial charge in [-0.25, -0.2) is 9.18 Å². The third-order valence-electron chi connectivity index (χ3n) is 3.10. The van der Waals surface area contributed by atoms with Gasteiger partial charge in [-0.2, -0.15) is 13.2 Å². The molecule has 1 N–H and O–H groups in total.